The first-order valence-corrected chi connectivity index (χ1v) is 5.45. The van der Waals surface area contributed by atoms with Crippen molar-refractivity contribution in [3.63, 3.8) is 0 Å². The van der Waals surface area contributed by atoms with E-state index in [9.17, 15) is 9.59 Å². The van der Waals surface area contributed by atoms with Gasteiger partial charge in [-0.3, -0.25) is 14.6 Å². The largest absolute Gasteiger partial charge is 0.481 e. The molecule has 0 radical (unpaired) electrons. The molecule has 5 heteroatoms. The molecule has 92 valence electrons. The summed E-state index contributed by atoms with van der Waals surface area (Å²) in [5, 5.41) is 8.47. The van der Waals surface area contributed by atoms with Crippen LogP contribution in [0, 0.1) is 0 Å². The lowest BCUT2D eigenvalue weighted by atomic mass is 10.2. The molecule has 1 heterocycles. The van der Waals surface area contributed by atoms with Crippen LogP contribution < -0.4 is 0 Å². The molecule has 0 aliphatic carbocycles. The third-order valence-electron chi connectivity index (χ3n) is 2.33. The minimum atomic E-state index is -0.870. The Hall–Kier alpha value is -1.91. The Labute approximate surface area is 100 Å². The first kappa shape index (κ1) is 13.2. The Bertz CT molecular complexity index is 379. The number of nitrogens with zero attached hydrogens (tertiary/aromatic N) is 2. The fourth-order valence-electron chi connectivity index (χ4n) is 1.40. The topological polar surface area (TPSA) is 70.5 Å². The summed E-state index contributed by atoms with van der Waals surface area (Å²) in [6.45, 7) is 0.451. The van der Waals surface area contributed by atoms with E-state index in [1.807, 2.05) is 18.2 Å². The van der Waals surface area contributed by atoms with Crippen LogP contribution in [0.1, 0.15) is 25.0 Å². The summed E-state index contributed by atoms with van der Waals surface area (Å²) in [5.41, 5.74) is 0.821. The maximum Gasteiger partial charge on any atom is 0.303 e. The van der Waals surface area contributed by atoms with Gasteiger partial charge in [-0.05, 0) is 18.6 Å². The van der Waals surface area contributed by atoms with Gasteiger partial charge < -0.3 is 10.0 Å². The molecule has 1 amide bonds. The highest BCUT2D eigenvalue weighted by Gasteiger charge is 2.10. The van der Waals surface area contributed by atoms with E-state index in [4.69, 9.17) is 5.11 Å². The SMILES string of the molecule is CN(Cc1ccccn1)C(=O)CCCC(=O)O. The van der Waals surface area contributed by atoms with Crippen molar-refractivity contribution in [1.82, 2.24) is 9.88 Å². The molecular formula is C12H16N2O3. The zero-order valence-electron chi connectivity index (χ0n) is 9.80. The molecule has 0 aliphatic heterocycles. The van der Waals surface area contributed by atoms with Crippen LogP contribution in [0.4, 0.5) is 0 Å². The molecule has 0 aliphatic rings. The van der Waals surface area contributed by atoms with Crippen LogP contribution in [-0.2, 0) is 16.1 Å². The zero-order valence-corrected chi connectivity index (χ0v) is 9.80. The van der Waals surface area contributed by atoms with E-state index in [1.54, 1.807) is 18.1 Å². The van der Waals surface area contributed by atoms with Gasteiger partial charge in [0.15, 0.2) is 0 Å². The molecule has 0 aromatic carbocycles. The fourth-order valence-corrected chi connectivity index (χ4v) is 1.40. The Balaban J connectivity index is 2.34. The van der Waals surface area contributed by atoms with E-state index in [0.717, 1.165) is 5.69 Å². The average Bonchev–Trinajstić information content (AvgIpc) is 2.29. The van der Waals surface area contributed by atoms with Gasteiger partial charge in [0, 0.05) is 26.1 Å². The molecule has 5 nitrogen and oxygen atoms in total. The quantitative estimate of drug-likeness (QED) is 0.808. The summed E-state index contributed by atoms with van der Waals surface area (Å²) in [4.78, 5) is 27.6. The van der Waals surface area contributed by atoms with E-state index in [0.29, 0.717) is 13.0 Å². The predicted molar refractivity (Wildman–Crippen MR) is 62.2 cm³/mol. The number of aromatic nitrogens is 1. The molecule has 17 heavy (non-hydrogen) atoms. The van der Waals surface area contributed by atoms with Crippen LogP contribution in [0.2, 0.25) is 0 Å². The highest BCUT2D eigenvalue weighted by atomic mass is 16.4. The van der Waals surface area contributed by atoms with Crippen molar-refractivity contribution < 1.29 is 14.7 Å². The number of hydrogen-bond acceptors (Lipinski definition) is 3. The lowest BCUT2D eigenvalue weighted by molar-refractivity contribution is -0.137. The second-order valence-corrected chi connectivity index (χ2v) is 3.82. The van der Waals surface area contributed by atoms with Gasteiger partial charge in [-0.2, -0.15) is 0 Å². The summed E-state index contributed by atoms with van der Waals surface area (Å²) in [6, 6.07) is 5.53. The molecule has 0 spiro atoms. The molecule has 1 N–H and O–H groups in total. The number of pyridine rings is 1. The Morgan fingerprint density at radius 3 is 2.71 bits per heavy atom. The number of carboxylic acids is 1. The minimum absolute atomic E-state index is 0.0309. The second-order valence-electron chi connectivity index (χ2n) is 3.82. The standard InChI is InChI=1S/C12H16N2O3/c1-14(9-10-5-2-3-8-13-10)11(15)6-4-7-12(16)17/h2-3,5,8H,4,6-7,9H2,1H3,(H,16,17). The van der Waals surface area contributed by atoms with Gasteiger partial charge in [-0.15, -0.1) is 0 Å². The van der Waals surface area contributed by atoms with Crippen LogP contribution in [0.5, 0.6) is 0 Å². The van der Waals surface area contributed by atoms with Crippen molar-refractivity contribution in [2.75, 3.05) is 7.05 Å². The number of amides is 1. The van der Waals surface area contributed by atoms with Gasteiger partial charge in [-0.1, -0.05) is 6.07 Å². The third-order valence-corrected chi connectivity index (χ3v) is 2.33. The minimum Gasteiger partial charge on any atom is -0.481 e. The van der Waals surface area contributed by atoms with Crippen molar-refractivity contribution >= 4 is 11.9 Å². The summed E-state index contributed by atoms with van der Waals surface area (Å²) in [5.74, 6) is -0.929. The van der Waals surface area contributed by atoms with Crippen molar-refractivity contribution in [2.24, 2.45) is 0 Å². The molecular weight excluding hydrogens is 220 g/mol. The highest BCUT2D eigenvalue weighted by molar-refractivity contribution is 5.76. The second kappa shape index (κ2) is 6.62. The van der Waals surface area contributed by atoms with Gasteiger partial charge in [0.1, 0.15) is 0 Å². The molecule has 1 aromatic heterocycles. The molecule has 0 atom stereocenters. The lowest BCUT2D eigenvalue weighted by Crippen LogP contribution is -2.26. The molecule has 0 bridgehead atoms. The van der Waals surface area contributed by atoms with E-state index in [-0.39, 0.29) is 18.7 Å². The van der Waals surface area contributed by atoms with Gasteiger partial charge in [0.2, 0.25) is 5.91 Å². The number of hydrogen-bond donors (Lipinski definition) is 1. The van der Waals surface area contributed by atoms with E-state index in [1.165, 1.54) is 0 Å². The van der Waals surface area contributed by atoms with Crippen molar-refractivity contribution in [3.05, 3.63) is 30.1 Å². The van der Waals surface area contributed by atoms with Crippen LogP contribution in [0.25, 0.3) is 0 Å². The first-order valence-electron chi connectivity index (χ1n) is 5.45. The molecule has 0 saturated carbocycles. The predicted octanol–water partition coefficient (Wildman–Crippen LogP) is 1.29. The van der Waals surface area contributed by atoms with E-state index >= 15 is 0 Å². The monoisotopic (exact) mass is 236 g/mol. The van der Waals surface area contributed by atoms with Gasteiger partial charge >= 0.3 is 5.97 Å². The number of rotatable bonds is 6. The molecule has 1 rings (SSSR count). The summed E-state index contributed by atoms with van der Waals surface area (Å²) < 4.78 is 0. The lowest BCUT2D eigenvalue weighted by Gasteiger charge is -2.16. The van der Waals surface area contributed by atoms with E-state index in [2.05, 4.69) is 4.98 Å². The average molecular weight is 236 g/mol. The van der Waals surface area contributed by atoms with Crippen LogP contribution in [0.15, 0.2) is 24.4 Å². The number of aliphatic carboxylic acids is 1. The smallest absolute Gasteiger partial charge is 0.303 e. The zero-order chi connectivity index (χ0) is 12.7. The van der Waals surface area contributed by atoms with Gasteiger partial charge in [0.05, 0.1) is 12.2 Å². The maximum atomic E-state index is 11.6. The number of carbonyl (C=O) groups is 2. The van der Waals surface area contributed by atoms with Crippen LogP contribution >= 0.6 is 0 Å². The highest BCUT2D eigenvalue weighted by Crippen LogP contribution is 2.04. The van der Waals surface area contributed by atoms with Crippen LogP contribution in [0.3, 0.4) is 0 Å². The van der Waals surface area contributed by atoms with Crippen molar-refractivity contribution in [3.8, 4) is 0 Å². The Morgan fingerprint density at radius 2 is 2.12 bits per heavy atom. The van der Waals surface area contributed by atoms with E-state index < -0.39 is 5.97 Å². The van der Waals surface area contributed by atoms with Crippen LogP contribution in [-0.4, -0.2) is 33.9 Å². The summed E-state index contributed by atoms with van der Waals surface area (Å²) in [7, 11) is 1.69. The Kier molecular flexibility index (Phi) is 5.13. The van der Waals surface area contributed by atoms with Gasteiger partial charge in [-0.25, -0.2) is 0 Å². The number of carboxylic acid groups (broad SMARTS) is 1. The van der Waals surface area contributed by atoms with Crippen molar-refractivity contribution in [1.29, 1.82) is 0 Å². The normalized spacial score (nSPS) is 9.94. The fraction of sp³-hybridized carbons (Fsp3) is 0.417. The van der Waals surface area contributed by atoms with Gasteiger partial charge in [0.25, 0.3) is 0 Å². The number of carbonyl (C=O) groups excluding carboxylic acids is 1. The van der Waals surface area contributed by atoms with Crippen molar-refractivity contribution in [2.45, 2.75) is 25.8 Å². The first-order chi connectivity index (χ1) is 8.09. The molecule has 0 fully saturated rings. The molecule has 0 unspecified atom stereocenters. The summed E-state index contributed by atoms with van der Waals surface area (Å²) >= 11 is 0. The third kappa shape index (κ3) is 5.10. The summed E-state index contributed by atoms with van der Waals surface area (Å²) in [6.07, 6.45) is 2.34. The Morgan fingerprint density at radius 1 is 1.35 bits per heavy atom. The maximum absolute atomic E-state index is 11.6. The molecule has 1 aromatic rings. The molecule has 0 saturated heterocycles.